The Labute approximate surface area is 112 Å². The molecule has 0 aromatic carbocycles. The number of halogens is 3. The Hall–Kier alpha value is -1.25. The van der Waals surface area contributed by atoms with Crippen LogP contribution in [0, 0.1) is 0 Å². The number of carbonyl (C=O) groups excluding carboxylic acids is 1. The number of nitrogens with zero attached hydrogens (tertiary/aromatic N) is 3. The van der Waals surface area contributed by atoms with Crippen molar-refractivity contribution >= 4 is 17.7 Å². The summed E-state index contributed by atoms with van der Waals surface area (Å²) in [6.45, 7) is 1.63. The van der Waals surface area contributed by atoms with Crippen molar-refractivity contribution in [3.05, 3.63) is 5.82 Å². The smallest absolute Gasteiger partial charge is 0.352 e. The largest absolute Gasteiger partial charge is 0.451 e. The number of rotatable bonds is 4. The van der Waals surface area contributed by atoms with Crippen molar-refractivity contribution in [1.82, 2.24) is 20.1 Å². The molecule has 1 heterocycles. The molecule has 0 saturated heterocycles. The number of amides is 1. The van der Waals surface area contributed by atoms with Gasteiger partial charge in [0.15, 0.2) is 5.16 Å². The van der Waals surface area contributed by atoms with E-state index in [-0.39, 0.29) is 17.1 Å². The fourth-order valence-electron chi connectivity index (χ4n) is 1.42. The highest BCUT2D eigenvalue weighted by Crippen LogP contribution is 2.31. The van der Waals surface area contributed by atoms with Gasteiger partial charge in [-0.1, -0.05) is 11.8 Å². The molecular weight excluding hydrogens is 281 g/mol. The first-order chi connectivity index (χ1) is 8.79. The lowest BCUT2D eigenvalue weighted by Crippen LogP contribution is -2.32. The van der Waals surface area contributed by atoms with Gasteiger partial charge in [0, 0.05) is 13.1 Å². The van der Waals surface area contributed by atoms with Crippen LogP contribution >= 0.6 is 11.8 Å². The van der Waals surface area contributed by atoms with Crippen LogP contribution in [-0.4, -0.2) is 32.0 Å². The third kappa shape index (κ3) is 3.40. The van der Waals surface area contributed by atoms with Crippen LogP contribution in [0.2, 0.25) is 0 Å². The zero-order valence-electron chi connectivity index (χ0n) is 10.4. The highest BCUT2D eigenvalue weighted by Gasteiger charge is 2.38. The van der Waals surface area contributed by atoms with Crippen molar-refractivity contribution in [2.45, 2.75) is 42.4 Å². The zero-order chi connectivity index (χ0) is 14.2. The van der Waals surface area contributed by atoms with Crippen molar-refractivity contribution in [1.29, 1.82) is 0 Å². The van der Waals surface area contributed by atoms with Gasteiger partial charge in [-0.3, -0.25) is 4.79 Å². The lowest BCUT2D eigenvalue weighted by molar-refractivity contribution is -0.147. The molecule has 1 fully saturated rings. The van der Waals surface area contributed by atoms with Gasteiger partial charge in [0.2, 0.25) is 11.7 Å². The van der Waals surface area contributed by atoms with Crippen LogP contribution in [0.5, 0.6) is 0 Å². The maximum absolute atomic E-state index is 12.5. The molecule has 0 unspecified atom stereocenters. The summed E-state index contributed by atoms with van der Waals surface area (Å²) in [5.41, 5.74) is 0. The quantitative estimate of drug-likeness (QED) is 0.857. The lowest BCUT2D eigenvalue weighted by atomic mass is 10.4. The second kappa shape index (κ2) is 5.03. The molecule has 1 aromatic rings. The molecule has 5 nitrogen and oxygen atoms in total. The van der Waals surface area contributed by atoms with Gasteiger partial charge in [0.05, 0.1) is 5.25 Å². The van der Waals surface area contributed by atoms with Crippen LogP contribution in [0.3, 0.4) is 0 Å². The van der Waals surface area contributed by atoms with E-state index in [1.807, 2.05) is 0 Å². The Morgan fingerprint density at radius 2 is 2.11 bits per heavy atom. The zero-order valence-corrected chi connectivity index (χ0v) is 11.2. The standard InChI is InChI=1S/C10H13F3N4OS/c1-5(7(18)14-6-3-4-6)19-9-16-15-8(17(9)2)10(11,12)13/h5-6H,3-4H2,1-2H3,(H,14,18)/t5-/m1/s1. The Bertz CT molecular complexity index is 484. The molecule has 1 N–H and O–H groups in total. The molecule has 1 amide bonds. The number of carbonyl (C=O) groups is 1. The molecular formula is C10H13F3N4OS. The van der Waals surface area contributed by atoms with Gasteiger partial charge in [-0.05, 0) is 19.8 Å². The molecule has 0 radical (unpaired) electrons. The molecule has 2 rings (SSSR count). The molecule has 1 saturated carbocycles. The lowest BCUT2D eigenvalue weighted by Gasteiger charge is -2.11. The molecule has 1 aliphatic carbocycles. The van der Waals surface area contributed by atoms with E-state index >= 15 is 0 Å². The molecule has 0 bridgehead atoms. The maximum atomic E-state index is 12.5. The SMILES string of the molecule is C[C@@H](Sc1nnc(C(F)(F)F)n1C)C(=O)NC1CC1. The van der Waals surface area contributed by atoms with E-state index in [0.717, 1.165) is 29.2 Å². The van der Waals surface area contributed by atoms with Gasteiger partial charge in [0.1, 0.15) is 0 Å². The van der Waals surface area contributed by atoms with Crippen LogP contribution < -0.4 is 5.32 Å². The van der Waals surface area contributed by atoms with Crippen LogP contribution in [0.15, 0.2) is 5.16 Å². The molecule has 0 aliphatic heterocycles. The number of alkyl halides is 3. The van der Waals surface area contributed by atoms with Crippen LogP contribution in [0.25, 0.3) is 0 Å². The normalized spacial score (nSPS) is 17.3. The number of aromatic nitrogens is 3. The van der Waals surface area contributed by atoms with Gasteiger partial charge in [-0.15, -0.1) is 10.2 Å². The highest BCUT2D eigenvalue weighted by atomic mass is 32.2. The van der Waals surface area contributed by atoms with E-state index in [2.05, 4.69) is 15.5 Å². The predicted octanol–water partition coefficient (Wildman–Crippen LogP) is 1.59. The van der Waals surface area contributed by atoms with Gasteiger partial charge in [0.25, 0.3) is 0 Å². The van der Waals surface area contributed by atoms with Crippen molar-refractivity contribution in [3.63, 3.8) is 0 Å². The van der Waals surface area contributed by atoms with Crippen molar-refractivity contribution < 1.29 is 18.0 Å². The second-order valence-corrected chi connectivity index (χ2v) is 5.71. The summed E-state index contributed by atoms with van der Waals surface area (Å²) in [5, 5.41) is 8.94. The third-order valence-electron chi connectivity index (χ3n) is 2.66. The van der Waals surface area contributed by atoms with E-state index < -0.39 is 17.3 Å². The summed E-state index contributed by atoms with van der Waals surface area (Å²) in [6, 6.07) is 0.223. The second-order valence-electron chi connectivity index (χ2n) is 4.41. The number of nitrogens with one attached hydrogen (secondary N) is 1. The molecule has 1 aromatic heterocycles. The van der Waals surface area contributed by atoms with Crippen molar-refractivity contribution in [3.8, 4) is 0 Å². The minimum atomic E-state index is -4.54. The fraction of sp³-hybridized carbons (Fsp3) is 0.700. The summed E-state index contributed by atoms with van der Waals surface area (Å²) >= 11 is 0.962. The van der Waals surface area contributed by atoms with E-state index in [4.69, 9.17) is 0 Å². The summed E-state index contributed by atoms with van der Waals surface area (Å²) in [5.74, 6) is -1.26. The minimum absolute atomic E-state index is 0.0748. The van der Waals surface area contributed by atoms with Gasteiger partial charge >= 0.3 is 6.18 Å². The predicted molar refractivity (Wildman–Crippen MR) is 62.5 cm³/mol. The summed E-state index contributed by atoms with van der Waals surface area (Å²) < 4.78 is 38.4. The first kappa shape index (κ1) is 14.2. The highest BCUT2D eigenvalue weighted by molar-refractivity contribution is 8.00. The molecule has 1 atom stereocenters. The van der Waals surface area contributed by atoms with E-state index in [0.29, 0.717) is 0 Å². The maximum Gasteiger partial charge on any atom is 0.451 e. The van der Waals surface area contributed by atoms with Gasteiger partial charge in [-0.2, -0.15) is 13.2 Å². The molecule has 106 valence electrons. The molecule has 1 aliphatic rings. The summed E-state index contributed by atoms with van der Waals surface area (Å²) in [7, 11) is 1.23. The van der Waals surface area contributed by atoms with E-state index in [1.54, 1.807) is 6.92 Å². The molecule has 19 heavy (non-hydrogen) atoms. The monoisotopic (exact) mass is 294 g/mol. The first-order valence-electron chi connectivity index (χ1n) is 5.72. The van der Waals surface area contributed by atoms with Crippen LogP contribution in [0.4, 0.5) is 13.2 Å². The van der Waals surface area contributed by atoms with Gasteiger partial charge in [-0.25, -0.2) is 0 Å². The van der Waals surface area contributed by atoms with Crippen LogP contribution in [0.1, 0.15) is 25.6 Å². The van der Waals surface area contributed by atoms with Crippen molar-refractivity contribution in [2.75, 3.05) is 0 Å². The Morgan fingerprint density at radius 3 is 2.58 bits per heavy atom. The average molecular weight is 294 g/mol. The van der Waals surface area contributed by atoms with Gasteiger partial charge < -0.3 is 9.88 Å². The Kier molecular flexibility index (Phi) is 3.75. The summed E-state index contributed by atoms with van der Waals surface area (Å²) in [6.07, 6.45) is -2.61. The Balaban J connectivity index is 2.02. The van der Waals surface area contributed by atoms with E-state index in [9.17, 15) is 18.0 Å². The van der Waals surface area contributed by atoms with E-state index in [1.165, 1.54) is 7.05 Å². The summed E-state index contributed by atoms with van der Waals surface area (Å²) in [4.78, 5) is 11.7. The molecule has 9 heteroatoms. The fourth-order valence-corrected chi connectivity index (χ4v) is 2.25. The topological polar surface area (TPSA) is 59.8 Å². The first-order valence-corrected chi connectivity index (χ1v) is 6.60. The third-order valence-corrected chi connectivity index (χ3v) is 3.80. The molecule has 0 spiro atoms. The number of hydrogen-bond donors (Lipinski definition) is 1. The average Bonchev–Trinajstić information content (AvgIpc) is 3.02. The number of hydrogen-bond acceptors (Lipinski definition) is 4. The van der Waals surface area contributed by atoms with Crippen molar-refractivity contribution in [2.24, 2.45) is 7.05 Å². The Morgan fingerprint density at radius 1 is 1.47 bits per heavy atom. The minimum Gasteiger partial charge on any atom is -0.352 e. The van der Waals surface area contributed by atoms with Crippen LogP contribution in [-0.2, 0) is 18.0 Å². The number of thioether (sulfide) groups is 1.